The van der Waals surface area contributed by atoms with Crippen molar-refractivity contribution < 1.29 is 13.2 Å². The smallest absolute Gasteiger partial charge is 0.215 e. The van der Waals surface area contributed by atoms with Crippen LogP contribution in [0.3, 0.4) is 0 Å². The Morgan fingerprint density at radius 2 is 2.25 bits per heavy atom. The molecule has 0 bridgehead atoms. The summed E-state index contributed by atoms with van der Waals surface area (Å²) in [6.45, 7) is 6.27. The summed E-state index contributed by atoms with van der Waals surface area (Å²) in [6, 6.07) is 0. The fourth-order valence-electron chi connectivity index (χ4n) is 2.57. The maximum atomic E-state index is 12.3. The third-order valence-corrected chi connectivity index (χ3v) is 5.55. The summed E-state index contributed by atoms with van der Waals surface area (Å²) >= 11 is 0. The molecule has 6 nitrogen and oxygen atoms in total. The topological polar surface area (TPSA) is 64.4 Å². The largest absolute Gasteiger partial charge is 0.378 e. The molecule has 1 aliphatic rings. The number of aryl methyl sites for hydroxylation is 1. The SMILES string of the molecule is CCOC1CCN(S(=O)(=O)CCn2ccnc2)CC1C. The average Bonchev–Trinajstić information content (AvgIpc) is 2.92. The van der Waals surface area contributed by atoms with Crippen molar-refractivity contribution in [1.29, 1.82) is 0 Å². The van der Waals surface area contributed by atoms with Crippen LogP contribution in [-0.4, -0.2) is 53.8 Å². The molecular formula is C13H23N3O3S. The number of imidazole rings is 1. The molecule has 0 radical (unpaired) electrons. The molecule has 114 valence electrons. The van der Waals surface area contributed by atoms with Crippen LogP contribution in [0.2, 0.25) is 0 Å². The quantitative estimate of drug-likeness (QED) is 0.785. The van der Waals surface area contributed by atoms with Crippen LogP contribution >= 0.6 is 0 Å². The highest BCUT2D eigenvalue weighted by Crippen LogP contribution is 2.22. The lowest BCUT2D eigenvalue weighted by Gasteiger charge is -2.35. The van der Waals surface area contributed by atoms with E-state index in [9.17, 15) is 8.42 Å². The summed E-state index contributed by atoms with van der Waals surface area (Å²) in [5.41, 5.74) is 0. The van der Waals surface area contributed by atoms with E-state index in [1.165, 1.54) is 0 Å². The summed E-state index contributed by atoms with van der Waals surface area (Å²) < 4.78 is 33.7. The zero-order valence-corrected chi connectivity index (χ0v) is 12.9. The van der Waals surface area contributed by atoms with Crippen molar-refractivity contribution >= 4 is 10.0 Å². The number of nitrogens with zero attached hydrogens (tertiary/aromatic N) is 3. The molecule has 1 fully saturated rings. The van der Waals surface area contributed by atoms with Gasteiger partial charge >= 0.3 is 0 Å². The highest BCUT2D eigenvalue weighted by molar-refractivity contribution is 7.89. The van der Waals surface area contributed by atoms with Gasteiger partial charge < -0.3 is 9.30 Å². The maximum absolute atomic E-state index is 12.3. The Labute approximate surface area is 120 Å². The van der Waals surface area contributed by atoms with Gasteiger partial charge in [-0.2, -0.15) is 0 Å². The summed E-state index contributed by atoms with van der Waals surface area (Å²) in [4.78, 5) is 3.92. The Bertz CT molecular complexity index is 501. The molecule has 7 heteroatoms. The molecule has 0 saturated carbocycles. The molecule has 20 heavy (non-hydrogen) atoms. The first-order chi connectivity index (χ1) is 9.53. The Hall–Kier alpha value is -0.920. The van der Waals surface area contributed by atoms with E-state index in [2.05, 4.69) is 11.9 Å². The molecule has 2 atom stereocenters. The van der Waals surface area contributed by atoms with Crippen molar-refractivity contribution in [2.24, 2.45) is 5.92 Å². The summed E-state index contributed by atoms with van der Waals surface area (Å²) in [5, 5.41) is 0. The second kappa shape index (κ2) is 6.69. The van der Waals surface area contributed by atoms with Crippen LogP contribution in [0.4, 0.5) is 0 Å². The van der Waals surface area contributed by atoms with Gasteiger partial charge in [-0.15, -0.1) is 0 Å². The fourth-order valence-corrected chi connectivity index (χ4v) is 4.11. The van der Waals surface area contributed by atoms with Crippen LogP contribution in [0.5, 0.6) is 0 Å². The molecule has 0 aliphatic carbocycles. The van der Waals surface area contributed by atoms with Crippen molar-refractivity contribution in [3.05, 3.63) is 18.7 Å². The molecule has 1 aliphatic heterocycles. The van der Waals surface area contributed by atoms with Crippen molar-refractivity contribution in [3.63, 3.8) is 0 Å². The van der Waals surface area contributed by atoms with E-state index in [0.717, 1.165) is 6.42 Å². The van der Waals surface area contributed by atoms with Gasteiger partial charge in [-0.05, 0) is 19.3 Å². The standard InChI is InChI=1S/C13H23N3O3S/c1-3-19-13-4-6-16(10-12(13)2)20(17,18)9-8-15-7-5-14-11-15/h5,7,11-13H,3-4,6,8-10H2,1-2H3. The minimum atomic E-state index is -3.20. The Balaban J connectivity index is 1.90. The van der Waals surface area contributed by atoms with E-state index in [0.29, 0.717) is 26.2 Å². The minimum absolute atomic E-state index is 0.120. The second-order valence-electron chi connectivity index (χ2n) is 5.23. The predicted octanol–water partition coefficient (Wildman–Crippen LogP) is 0.960. The van der Waals surface area contributed by atoms with Gasteiger partial charge in [0.15, 0.2) is 0 Å². The third kappa shape index (κ3) is 3.80. The number of ether oxygens (including phenoxy) is 1. The first-order valence-electron chi connectivity index (χ1n) is 7.08. The van der Waals surface area contributed by atoms with Gasteiger partial charge in [-0.1, -0.05) is 6.92 Å². The number of aromatic nitrogens is 2. The number of rotatable bonds is 6. The molecule has 0 aromatic carbocycles. The van der Waals surface area contributed by atoms with Gasteiger partial charge in [0.2, 0.25) is 10.0 Å². The maximum Gasteiger partial charge on any atom is 0.215 e. The van der Waals surface area contributed by atoms with E-state index in [4.69, 9.17) is 4.74 Å². The Morgan fingerprint density at radius 3 is 2.85 bits per heavy atom. The molecule has 1 saturated heterocycles. The van der Waals surface area contributed by atoms with Crippen LogP contribution in [-0.2, 0) is 21.3 Å². The number of sulfonamides is 1. The van der Waals surface area contributed by atoms with Crippen LogP contribution in [0.1, 0.15) is 20.3 Å². The van der Waals surface area contributed by atoms with Gasteiger partial charge in [0.25, 0.3) is 0 Å². The predicted molar refractivity (Wildman–Crippen MR) is 76.8 cm³/mol. The second-order valence-corrected chi connectivity index (χ2v) is 7.32. The molecule has 0 N–H and O–H groups in total. The van der Waals surface area contributed by atoms with Crippen molar-refractivity contribution in [2.75, 3.05) is 25.4 Å². The van der Waals surface area contributed by atoms with E-state index >= 15 is 0 Å². The van der Waals surface area contributed by atoms with Gasteiger partial charge in [-0.25, -0.2) is 17.7 Å². The highest BCUT2D eigenvalue weighted by Gasteiger charge is 2.32. The lowest BCUT2D eigenvalue weighted by molar-refractivity contribution is -0.00640. The van der Waals surface area contributed by atoms with E-state index < -0.39 is 10.0 Å². The van der Waals surface area contributed by atoms with Crippen LogP contribution in [0, 0.1) is 5.92 Å². The highest BCUT2D eigenvalue weighted by atomic mass is 32.2. The first kappa shape index (κ1) is 15.5. The molecule has 0 amide bonds. The molecule has 0 spiro atoms. The normalized spacial score (nSPS) is 24.9. The van der Waals surface area contributed by atoms with Crippen LogP contribution in [0.15, 0.2) is 18.7 Å². The molecule has 2 unspecified atom stereocenters. The zero-order valence-electron chi connectivity index (χ0n) is 12.1. The number of piperidine rings is 1. The Kier molecular flexibility index (Phi) is 5.17. The van der Waals surface area contributed by atoms with E-state index in [-0.39, 0.29) is 17.8 Å². The van der Waals surface area contributed by atoms with E-state index in [1.54, 1.807) is 27.6 Å². The first-order valence-corrected chi connectivity index (χ1v) is 8.69. The molecular weight excluding hydrogens is 278 g/mol. The molecule has 2 heterocycles. The molecule has 1 aromatic rings. The van der Waals surface area contributed by atoms with Gasteiger partial charge in [0.05, 0.1) is 18.2 Å². The third-order valence-electron chi connectivity index (χ3n) is 3.73. The van der Waals surface area contributed by atoms with Gasteiger partial charge in [0, 0.05) is 38.6 Å². The zero-order chi connectivity index (χ0) is 14.6. The van der Waals surface area contributed by atoms with Crippen molar-refractivity contribution in [3.8, 4) is 0 Å². The summed E-state index contributed by atoms with van der Waals surface area (Å²) in [5.74, 6) is 0.363. The number of hydrogen-bond acceptors (Lipinski definition) is 4. The van der Waals surface area contributed by atoms with Crippen LogP contribution in [0.25, 0.3) is 0 Å². The van der Waals surface area contributed by atoms with Crippen molar-refractivity contribution in [1.82, 2.24) is 13.9 Å². The van der Waals surface area contributed by atoms with Crippen molar-refractivity contribution in [2.45, 2.75) is 32.9 Å². The lowest BCUT2D eigenvalue weighted by atomic mass is 9.98. The molecule has 2 rings (SSSR count). The van der Waals surface area contributed by atoms with Crippen LogP contribution < -0.4 is 0 Å². The Morgan fingerprint density at radius 1 is 1.45 bits per heavy atom. The minimum Gasteiger partial charge on any atom is -0.378 e. The summed E-state index contributed by atoms with van der Waals surface area (Å²) in [6.07, 6.45) is 6.03. The lowest BCUT2D eigenvalue weighted by Crippen LogP contribution is -2.46. The van der Waals surface area contributed by atoms with Gasteiger partial charge in [-0.3, -0.25) is 0 Å². The summed E-state index contributed by atoms with van der Waals surface area (Å²) in [7, 11) is -3.20. The number of hydrogen-bond donors (Lipinski definition) is 0. The monoisotopic (exact) mass is 301 g/mol. The van der Waals surface area contributed by atoms with Gasteiger partial charge in [0.1, 0.15) is 0 Å². The van der Waals surface area contributed by atoms with E-state index in [1.807, 2.05) is 6.92 Å². The molecule has 1 aromatic heterocycles. The fraction of sp³-hybridized carbons (Fsp3) is 0.769. The average molecular weight is 301 g/mol.